The Balaban J connectivity index is 1.31. The van der Waals surface area contributed by atoms with E-state index in [0.29, 0.717) is 49.1 Å². The Morgan fingerprint density at radius 1 is 0.886 bits per heavy atom. The Hall–Kier alpha value is -5.11. The number of rotatable bonds is 30. The van der Waals surface area contributed by atoms with E-state index in [-0.39, 0.29) is 63.9 Å². The average molecular weight is 966 g/mol. The minimum Gasteiger partial charge on any atom is -0.487 e. The van der Waals surface area contributed by atoms with Gasteiger partial charge in [-0.3, -0.25) is 9.88 Å². The van der Waals surface area contributed by atoms with E-state index < -0.39 is 23.8 Å². The summed E-state index contributed by atoms with van der Waals surface area (Å²) < 4.78 is 39.0. The van der Waals surface area contributed by atoms with Gasteiger partial charge in [-0.25, -0.2) is 4.79 Å². The number of carbonyl (C=O) groups excluding carboxylic acids is 1. The molecule has 13 nitrogen and oxygen atoms in total. The van der Waals surface area contributed by atoms with Crippen LogP contribution in [0.4, 0.5) is 4.79 Å². The number of unbranched alkanes of at least 4 members (excludes halogenated alkanes) is 11. The zero-order valence-electron chi connectivity index (χ0n) is 42.1. The predicted molar refractivity (Wildman–Crippen MR) is 271 cm³/mol. The summed E-state index contributed by atoms with van der Waals surface area (Å²) in [6.45, 7) is 11.8. The van der Waals surface area contributed by atoms with Crippen molar-refractivity contribution in [1.82, 2.24) is 9.88 Å². The number of aryl methyl sites for hydroxylation is 1. The van der Waals surface area contributed by atoms with Crippen LogP contribution in [0, 0.1) is 24.7 Å². The van der Waals surface area contributed by atoms with Crippen molar-refractivity contribution in [3.8, 4) is 23.0 Å². The largest absolute Gasteiger partial charge is 0.487 e. The number of aromatic nitrogens is 1. The highest BCUT2D eigenvalue weighted by Crippen LogP contribution is 2.62. The Morgan fingerprint density at radius 3 is 2.37 bits per heavy atom. The van der Waals surface area contributed by atoms with Crippen molar-refractivity contribution in [2.75, 3.05) is 39.8 Å². The Labute approximate surface area is 416 Å². The van der Waals surface area contributed by atoms with E-state index >= 15 is 4.79 Å². The van der Waals surface area contributed by atoms with Gasteiger partial charge in [-0.05, 0) is 111 Å². The zero-order valence-corrected chi connectivity index (χ0v) is 42.1. The van der Waals surface area contributed by atoms with Gasteiger partial charge in [-0.2, -0.15) is 0 Å². The van der Waals surface area contributed by atoms with Gasteiger partial charge in [-0.1, -0.05) is 107 Å². The molecule has 0 bridgehead atoms. The molecule has 0 unspecified atom stereocenters. The minimum atomic E-state index is -1.45. The van der Waals surface area contributed by atoms with Gasteiger partial charge in [0.25, 0.3) is 0 Å². The Morgan fingerprint density at radius 2 is 1.63 bits per heavy atom. The van der Waals surface area contributed by atoms with Crippen molar-refractivity contribution in [1.29, 1.82) is 0 Å². The summed E-state index contributed by atoms with van der Waals surface area (Å²) in [4.78, 5) is 27.5. The molecular weight excluding hydrogens is 887 g/mol. The number of carbonyl (C=O) groups is 1. The first kappa shape index (κ1) is 52.7. The maximum absolute atomic E-state index is 15.1. The highest BCUT2D eigenvalue weighted by atomic mass is 16.7. The number of hydrogen-bond acceptors (Lipinski definition) is 12. The molecule has 13 heteroatoms. The normalized spacial score (nSPS) is 22.4. The second-order valence-electron chi connectivity index (χ2n) is 19.4. The first-order valence-electron chi connectivity index (χ1n) is 26.4. The van der Waals surface area contributed by atoms with Crippen LogP contribution >= 0.6 is 0 Å². The number of amides is 1. The number of allylic oxidation sites excluding steroid dienone is 1. The summed E-state index contributed by atoms with van der Waals surface area (Å²) in [5.74, 6) is 0.600. The van der Waals surface area contributed by atoms with Gasteiger partial charge in [0.2, 0.25) is 12.6 Å². The molecule has 1 amide bonds. The third kappa shape index (κ3) is 13.2. The number of fused-ring (bicyclic) bond motifs is 3. The molecule has 2 aliphatic heterocycles. The summed E-state index contributed by atoms with van der Waals surface area (Å²) in [5.41, 5.74) is 5.25. The van der Waals surface area contributed by atoms with E-state index in [1.165, 1.54) is 44.9 Å². The molecule has 1 saturated carbocycles. The van der Waals surface area contributed by atoms with Crippen LogP contribution in [0.5, 0.6) is 23.0 Å². The number of benzene rings is 2. The highest BCUT2D eigenvalue weighted by molar-refractivity contribution is 6.03. The molecule has 0 radical (unpaired) electrons. The van der Waals surface area contributed by atoms with Crippen molar-refractivity contribution < 1.29 is 48.3 Å². The lowest BCUT2D eigenvalue weighted by Gasteiger charge is -2.59. The van der Waals surface area contributed by atoms with Crippen molar-refractivity contribution in [3.05, 3.63) is 101 Å². The van der Waals surface area contributed by atoms with Crippen LogP contribution in [-0.4, -0.2) is 83.6 Å². The minimum absolute atomic E-state index is 0.0553. The van der Waals surface area contributed by atoms with E-state index in [1.807, 2.05) is 62.4 Å². The summed E-state index contributed by atoms with van der Waals surface area (Å²) in [6, 6.07) is 16.9. The van der Waals surface area contributed by atoms with Crippen LogP contribution in [0.1, 0.15) is 151 Å². The van der Waals surface area contributed by atoms with Crippen LogP contribution in [0.3, 0.4) is 0 Å². The maximum Gasteiger partial charge on any atom is 0.410 e. The van der Waals surface area contributed by atoms with E-state index in [1.54, 1.807) is 11.0 Å². The maximum atomic E-state index is 15.1. The van der Waals surface area contributed by atoms with Crippen molar-refractivity contribution in [3.63, 3.8) is 0 Å². The fraction of sp³-hybridized carbons (Fsp3) is 0.596. The number of aliphatic hydroxyl groups excluding tert-OH is 2. The van der Waals surface area contributed by atoms with Gasteiger partial charge in [0.15, 0.2) is 11.5 Å². The average Bonchev–Trinajstić information content (AvgIpc) is 3.85. The molecule has 0 spiro atoms. The molecule has 2 aromatic carbocycles. The molecule has 2 N–H and O–H groups in total. The molecule has 70 heavy (non-hydrogen) atoms. The Bertz CT molecular complexity index is 2200. The molecular formula is C57H79N3O10. The first-order valence-corrected chi connectivity index (χ1v) is 26.4. The number of ether oxygens (including phenoxy) is 6. The number of hydrogen-bond donors (Lipinski definition) is 2. The first-order chi connectivity index (χ1) is 34.3. The van der Waals surface area contributed by atoms with E-state index in [0.717, 1.165) is 78.7 Å². The summed E-state index contributed by atoms with van der Waals surface area (Å²) >= 11 is 0. The molecule has 3 aromatic rings. The molecule has 4 aliphatic rings. The molecule has 1 fully saturated rings. The second-order valence-corrected chi connectivity index (χ2v) is 19.4. The van der Waals surface area contributed by atoms with Crippen LogP contribution < -0.4 is 18.9 Å². The van der Waals surface area contributed by atoms with Gasteiger partial charge >= 0.3 is 6.09 Å². The van der Waals surface area contributed by atoms with Crippen LogP contribution in [-0.2, 0) is 27.5 Å². The van der Waals surface area contributed by atoms with Crippen LogP contribution in [0.25, 0.3) is 0 Å². The van der Waals surface area contributed by atoms with Gasteiger partial charge < -0.3 is 43.5 Å². The van der Waals surface area contributed by atoms with Gasteiger partial charge in [0, 0.05) is 43.4 Å². The SMILES string of the molecule is C=CCO[C@@]12Oc3ccc(OCc4cccc(C)n4)cc3[C@H]3[C@H](CCCCO)[C@@H](CCCCO)C=C(C(=NOCC)C[C@@H]1N(Cc1ccc4c(c1)OCO4)C(=O)OCCCCCCCCCCCC)[C@H]32. The molecule has 2 aliphatic carbocycles. The molecule has 382 valence electrons. The molecule has 1 aromatic heterocycles. The summed E-state index contributed by atoms with van der Waals surface area (Å²) in [7, 11) is 0. The lowest BCUT2D eigenvalue weighted by atomic mass is 9.55. The standard InChI is InChI=1S/C57H79N3O10/c1-5-8-9-10-11-12-13-14-15-20-33-64-56(63)60(38-42-26-28-51-52(34-42)67-40-66-51)53-37-49(59-69-7-3)47-35-43(23-16-18-30-61)46(25-17-19-31-62)54-48-36-45(65-39-44-24-21-22-41(4)58-44)27-29-50(48)70-57(53,55(47)54)68-32-6-2/h6,21-22,24,26-29,34-36,43,46,53-55,61-62H,2,5,7-20,23,25,30-33,37-40H2,1,3-4H3/t43-,46+,53-,54+,55+,57+/m0/s1. The predicted octanol–water partition coefficient (Wildman–Crippen LogP) is 11.9. The number of oxime groups is 1. The monoisotopic (exact) mass is 966 g/mol. The lowest BCUT2D eigenvalue weighted by molar-refractivity contribution is -0.256. The topological polar surface area (TPSA) is 151 Å². The van der Waals surface area contributed by atoms with E-state index in [4.69, 9.17) is 38.4 Å². The van der Waals surface area contributed by atoms with Crippen LogP contribution in [0.2, 0.25) is 0 Å². The second kappa shape index (κ2) is 26.9. The fourth-order valence-corrected chi connectivity index (χ4v) is 11.1. The number of aliphatic hydroxyl groups is 2. The fourth-order valence-electron chi connectivity index (χ4n) is 11.1. The van der Waals surface area contributed by atoms with Gasteiger partial charge in [0.1, 0.15) is 30.8 Å². The van der Waals surface area contributed by atoms with Crippen molar-refractivity contribution >= 4 is 11.8 Å². The zero-order chi connectivity index (χ0) is 49.1. The van der Waals surface area contributed by atoms with Gasteiger partial charge in [-0.15, -0.1) is 6.58 Å². The number of pyridine rings is 1. The lowest BCUT2D eigenvalue weighted by Crippen LogP contribution is -2.70. The third-order valence-electron chi connectivity index (χ3n) is 14.4. The van der Waals surface area contributed by atoms with Crippen molar-refractivity contribution in [2.24, 2.45) is 22.9 Å². The highest BCUT2D eigenvalue weighted by Gasteiger charge is 2.65. The summed E-state index contributed by atoms with van der Waals surface area (Å²) in [5, 5.41) is 24.9. The van der Waals surface area contributed by atoms with E-state index in [2.05, 4.69) is 30.6 Å². The molecule has 7 rings (SSSR count). The Kier molecular flexibility index (Phi) is 20.3. The molecule has 0 saturated heterocycles. The quantitative estimate of drug-likeness (QED) is 0.0373. The summed E-state index contributed by atoms with van der Waals surface area (Å²) in [6.07, 6.45) is 20.2. The van der Waals surface area contributed by atoms with Crippen LogP contribution in [0.15, 0.2) is 84.1 Å². The molecule has 6 atom stereocenters. The molecule has 3 heterocycles. The van der Waals surface area contributed by atoms with Gasteiger partial charge in [0.05, 0.1) is 30.5 Å². The number of nitrogens with zero attached hydrogens (tertiary/aromatic N) is 3. The van der Waals surface area contributed by atoms with E-state index in [9.17, 15) is 10.2 Å². The third-order valence-corrected chi connectivity index (χ3v) is 14.4. The van der Waals surface area contributed by atoms with Crippen molar-refractivity contribution in [2.45, 2.75) is 161 Å². The smallest absolute Gasteiger partial charge is 0.410 e.